The minimum atomic E-state index is -1.32. The minimum absolute atomic E-state index is 0.0202. The number of carbonyl (C=O) groups is 2. The van der Waals surface area contributed by atoms with Crippen molar-refractivity contribution >= 4 is 22.8 Å². The molecule has 0 spiro atoms. The zero-order valence-electron chi connectivity index (χ0n) is 12.5. The maximum atomic E-state index is 12.0. The lowest BCUT2D eigenvalue weighted by Gasteiger charge is -2.20. The van der Waals surface area contributed by atoms with Crippen molar-refractivity contribution in [3.05, 3.63) is 29.0 Å². The van der Waals surface area contributed by atoms with E-state index >= 15 is 0 Å². The molecule has 2 rings (SSSR count). The molecule has 2 aromatic rings. The standard InChI is InChI=1S/C15H18N2O4/c1-8-5-9(2)13-10(17-21-11(13)6-8)7-12(18)16-15(3,4)14(19)20/h5-6H,7H2,1-4H3,(H,16,18)(H,19,20). The Morgan fingerprint density at radius 1 is 1.33 bits per heavy atom. The predicted octanol–water partition coefficient (Wildman–Crippen LogP) is 1.97. The number of aliphatic carboxylic acids is 1. The number of nitrogens with one attached hydrogen (secondary N) is 1. The lowest BCUT2D eigenvalue weighted by Crippen LogP contribution is -2.50. The molecule has 21 heavy (non-hydrogen) atoms. The highest BCUT2D eigenvalue weighted by atomic mass is 16.5. The third kappa shape index (κ3) is 3.04. The van der Waals surface area contributed by atoms with Crippen LogP contribution < -0.4 is 5.32 Å². The fraction of sp³-hybridized carbons (Fsp3) is 0.400. The Morgan fingerprint density at radius 3 is 2.62 bits per heavy atom. The van der Waals surface area contributed by atoms with Gasteiger partial charge in [-0.05, 0) is 44.9 Å². The molecule has 112 valence electrons. The Labute approximate surface area is 122 Å². The van der Waals surface area contributed by atoms with Crippen molar-refractivity contribution in [2.45, 2.75) is 39.7 Å². The van der Waals surface area contributed by atoms with Crippen LogP contribution in [0.4, 0.5) is 0 Å². The van der Waals surface area contributed by atoms with Gasteiger partial charge in [-0.25, -0.2) is 4.79 Å². The van der Waals surface area contributed by atoms with E-state index in [1.54, 1.807) is 0 Å². The van der Waals surface area contributed by atoms with Gasteiger partial charge in [-0.1, -0.05) is 11.2 Å². The second kappa shape index (κ2) is 5.20. The molecule has 1 heterocycles. The summed E-state index contributed by atoms with van der Waals surface area (Å²) in [5, 5.41) is 16.2. The summed E-state index contributed by atoms with van der Waals surface area (Å²) in [7, 11) is 0. The molecule has 0 atom stereocenters. The predicted molar refractivity (Wildman–Crippen MR) is 77.0 cm³/mol. The molecule has 2 N–H and O–H groups in total. The highest BCUT2D eigenvalue weighted by Crippen LogP contribution is 2.24. The number of carbonyl (C=O) groups excluding carboxylic acids is 1. The summed E-state index contributed by atoms with van der Waals surface area (Å²) in [5.41, 5.74) is 1.86. The van der Waals surface area contributed by atoms with Crippen molar-refractivity contribution in [3.8, 4) is 0 Å². The van der Waals surface area contributed by atoms with E-state index < -0.39 is 17.4 Å². The monoisotopic (exact) mass is 290 g/mol. The van der Waals surface area contributed by atoms with Crippen molar-refractivity contribution in [3.63, 3.8) is 0 Å². The fourth-order valence-electron chi connectivity index (χ4n) is 2.24. The smallest absolute Gasteiger partial charge is 0.328 e. The van der Waals surface area contributed by atoms with E-state index in [0.717, 1.165) is 16.5 Å². The Morgan fingerprint density at radius 2 is 2.00 bits per heavy atom. The second-order valence-corrected chi connectivity index (χ2v) is 5.74. The Hall–Kier alpha value is -2.37. The highest BCUT2D eigenvalue weighted by Gasteiger charge is 2.29. The molecule has 0 aliphatic rings. The first-order valence-electron chi connectivity index (χ1n) is 6.60. The van der Waals surface area contributed by atoms with Gasteiger partial charge in [-0.15, -0.1) is 0 Å². The molecule has 0 unspecified atom stereocenters. The van der Waals surface area contributed by atoms with Crippen LogP contribution in [-0.4, -0.2) is 27.7 Å². The lowest BCUT2D eigenvalue weighted by molar-refractivity contribution is -0.145. The summed E-state index contributed by atoms with van der Waals surface area (Å²) in [5.74, 6) is -1.50. The molecular formula is C15H18N2O4. The Kier molecular flexibility index (Phi) is 3.72. The van der Waals surface area contributed by atoms with Gasteiger partial charge in [-0.2, -0.15) is 0 Å². The normalized spacial score (nSPS) is 11.6. The van der Waals surface area contributed by atoms with E-state index in [9.17, 15) is 9.59 Å². The summed E-state index contributed by atoms with van der Waals surface area (Å²) in [6.45, 7) is 6.75. The van der Waals surface area contributed by atoms with Gasteiger partial charge in [0.15, 0.2) is 5.58 Å². The number of benzene rings is 1. The average Bonchev–Trinajstić information content (AvgIpc) is 2.70. The molecule has 1 aromatic carbocycles. The molecule has 1 aromatic heterocycles. The maximum Gasteiger partial charge on any atom is 0.328 e. The van der Waals surface area contributed by atoms with Crippen LogP contribution in [-0.2, 0) is 16.0 Å². The molecule has 0 saturated heterocycles. The summed E-state index contributed by atoms with van der Waals surface area (Å²) in [6, 6.07) is 3.85. The SMILES string of the molecule is Cc1cc(C)c2c(CC(=O)NC(C)(C)C(=O)O)noc2c1. The van der Waals surface area contributed by atoms with Crippen molar-refractivity contribution in [2.24, 2.45) is 0 Å². The number of aromatic nitrogens is 1. The zero-order valence-corrected chi connectivity index (χ0v) is 12.5. The van der Waals surface area contributed by atoms with Crippen LogP contribution in [0.3, 0.4) is 0 Å². The van der Waals surface area contributed by atoms with Gasteiger partial charge in [-0.3, -0.25) is 4.79 Å². The molecule has 0 bridgehead atoms. The van der Waals surface area contributed by atoms with Crippen molar-refractivity contribution in [1.82, 2.24) is 10.5 Å². The van der Waals surface area contributed by atoms with Crippen LogP contribution in [0.2, 0.25) is 0 Å². The van der Waals surface area contributed by atoms with Crippen molar-refractivity contribution in [1.29, 1.82) is 0 Å². The van der Waals surface area contributed by atoms with Crippen LogP contribution in [0.5, 0.6) is 0 Å². The molecule has 0 aliphatic carbocycles. The van der Waals surface area contributed by atoms with Crippen molar-refractivity contribution < 1.29 is 19.2 Å². The molecule has 0 radical (unpaired) electrons. The first-order chi connectivity index (χ1) is 9.70. The number of aryl methyl sites for hydroxylation is 2. The first kappa shape index (κ1) is 15.0. The van der Waals surface area contributed by atoms with Gasteiger partial charge in [0, 0.05) is 5.39 Å². The number of nitrogens with zero attached hydrogens (tertiary/aromatic N) is 1. The third-order valence-electron chi connectivity index (χ3n) is 3.30. The number of carboxylic acids is 1. The van der Waals surface area contributed by atoms with E-state index in [1.165, 1.54) is 13.8 Å². The summed E-state index contributed by atoms with van der Waals surface area (Å²) < 4.78 is 5.24. The molecule has 6 heteroatoms. The minimum Gasteiger partial charge on any atom is -0.480 e. The van der Waals surface area contributed by atoms with Gasteiger partial charge in [0.1, 0.15) is 11.2 Å². The highest BCUT2D eigenvalue weighted by molar-refractivity contribution is 5.91. The van der Waals surface area contributed by atoms with Gasteiger partial charge < -0.3 is 14.9 Å². The largest absolute Gasteiger partial charge is 0.480 e. The number of rotatable bonds is 4. The number of amides is 1. The van der Waals surface area contributed by atoms with Gasteiger partial charge in [0.05, 0.1) is 6.42 Å². The molecule has 1 amide bonds. The van der Waals surface area contributed by atoms with Crippen LogP contribution in [0.1, 0.15) is 30.7 Å². The van der Waals surface area contributed by atoms with Crippen LogP contribution in [0.25, 0.3) is 11.0 Å². The van der Waals surface area contributed by atoms with Crippen LogP contribution in [0, 0.1) is 13.8 Å². The van der Waals surface area contributed by atoms with E-state index in [2.05, 4.69) is 10.5 Å². The number of fused-ring (bicyclic) bond motifs is 1. The molecule has 0 fully saturated rings. The van der Waals surface area contributed by atoms with Gasteiger partial charge in [0.2, 0.25) is 5.91 Å². The number of hydrogen-bond donors (Lipinski definition) is 2. The molecule has 0 aliphatic heterocycles. The first-order valence-corrected chi connectivity index (χ1v) is 6.60. The quantitative estimate of drug-likeness (QED) is 0.898. The summed E-state index contributed by atoms with van der Waals surface area (Å²) >= 11 is 0. The van der Waals surface area contributed by atoms with E-state index in [4.69, 9.17) is 9.63 Å². The van der Waals surface area contributed by atoms with Crippen LogP contribution >= 0.6 is 0 Å². The zero-order chi connectivity index (χ0) is 15.8. The topological polar surface area (TPSA) is 92.4 Å². The molecule has 0 saturated carbocycles. The van der Waals surface area contributed by atoms with E-state index in [-0.39, 0.29) is 6.42 Å². The van der Waals surface area contributed by atoms with E-state index in [0.29, 0.717) is 11.3 Å². The third-order valence-corrected chi connectivity index (χ3v) is 3.30. The Bertz CT molecular complexity index is 716. The maximum absolute atomic E-state index is 12.0. The summed E-state index contributed by atoms with van der Waals surface area (Å²) in [4.78, 5) is 23.0. The second-order valence-electron chi connectivity index (χ2n) is 5.74. The van der Waals surface area contributed by atoms with Gasteiger partial charge in [0.25, 0.3) is 0 Å². The van der Waals surface area contributed by atoms with Gasteiger partial charge >= 0.3 is 5.97 Å². The molecule has 6 nitrogen and oxygen atoms in total. The summed E-state index contributed by atoms with van der Waals surface area (Å²) in [6.07, 6.45) is -0.0202. The van der Waals surface area contributed by atoms with E-state index in [1.807, 2.05) is 26.0 Å². The number of hydrogen-bond acceptors (Lipinski definition) is 4. The average molecular weight is 290 g/mol. The number of carboxylic acid groups (broad SMARTS) is 1. The lowest BCUT2D eigenvalue weighted by atomic mass is 10.0. The molecular weight excluding hydrogens is 272 g/mol. The fourth-order valence-corrected chi connectivity index (χ4v) is 2.24. The van der Waals surface area contributed by atoms with Crippen LogP contribution in [0.15, 0.2) is 16.7 Å². The van der Waals surface area contributed by atoms with Crippen molar-refractivity contribution in [2.75, 3.05) is 0 Å². The Balaban J connectivity index is 2.25.